The predicted molar refractivity (Wildman–Crippen MR) is 81.9 cm³/mol. The molecular formula is C16H17BrFNO. The monoisotopic (exact) mass is 337 g/mol. The van der Waals surface area contributed by atoms with E-state index >= 15 is 0 Å². The van der Waals surface area contributed by atoms with E-state index in [0.29, 0.717) is 12.1 Å². The normalized spacial score (nSPS) is 14.0. The number of aliphatic hydroxyl groups is 1. The Morgan fingerprint density at radius 2 is 1.60 bits per heavy atom. The van der Waals surface area contributed by atoms with Gasteiger partial charge in [-0.1, -0.05) is 40.2 Å². The predicted octanol–water partition coefficient (Wildman–Crippen LogP) is 3.97. The highest BCUT2D eigenvalue weighted by Gasteiger charge is 2.10. The second kappa shape index (κ2) is 6.97. The Bertz CT molecular complexity index is 490. The van der Waals surface area contributed by atoms with Gasteiger partial charge < -0.3 is 10.4 Å². The van der Waals surface area contributed by atoms with Crippen molar-refractivity contribution in [2.75, 3.05) is 6.54 Å². The van der Waals surface area contributed by atoms with Gasteiger partial charge in [0.1, 0.15) is 5.82 Å². The highest BCUT2D eigenvalue weighted by Crippen LogP contribution is 2.18. The fourth-order valence-electron chi connectivity index (χ4n) is 1.96. The van der Waals surface area contributed by atoms with E-state index in [-0.39, 0.29) is 11.9 Å². The largest absolute Gasteiger partial charge is 0.387 e. The summed E-state index contributed by atoms with van der Waals surface area (Å²) < 4.78 is 13.9. The van der Waals surface area contributed by atoms with Crippen molar-refractivity contribution in [3.63, 3.8) is 0 Å². The maximum Gasteiger partial charge on any atom is 0.123 e. The Balaban J connectivity index is 1.91. The number of hydrogen-bond acceptors (Lipinski definition) is 2. The third-order valence-electron chi connectivity index (χ3n) is 3.24. The van der Waals surface area contributed by atoms with Gasteiger partial charge in [-0.3, -0.25) is 0 Å². The highest BCUT2D eigenvalue weighted by atomic mass is 79.9. The third-order valence-corrected chi connectivity index (χ3v) is 3.77. The Kier molecular flexibility index (Phi) is 5.29. The van der Waals surface area contributed by atoms with Crippen molar-refractivity contribution in [2.45, 2.75) is 19.1 Å². The second-order valence-electron chi connectivity index (χ2n) is 4.75. The van der Waals surface area contributed by atoms with Gasteiger partial charge >= 0.3 is 0 Å². The minimum Gasteiger partial charge on any atom is -0.387 e. The van der Waals surface area contributed by atoms with Crippen molar-refractivity contribution < 1.29 is 9.50 Å². The molecule has 0 aliphatic heterocycles. The molecule has 1 unspecified atom stereocenters. The maximum atomic E-state index is 12.8. The number of hydrogen-bond donors (Lipinski definition) is 2. The van der Waals surface area contributed by atoms with Crippen molar-refractivity contribution in [1.29, 1.82) is 0 Å². The topological polar surface area (TPSA) is 32.3 Å². The zero-order valence-electron chi connectivity index (χ0n) is 11.2. The first-order chi connectivity index (χ1) is 9.56. The summed E-state index contributed by atoms with van der Waals surface area (Å²) in [7, 11) is 0. The standard InChI is InChI=1S/C16H17BrFNO/c1-11(12-2-6-14(17)7-3-12)19-10-16(20)13-4-8-15(18)9-5-13/h2-9,11,16,19-20H,10H2,1H3/t11-,16?/m0/s1. The minimum atomic E-state index is -0.645. The van der Waals surface area contributed by atoms with Crippen LogP contribution in [0.3, 0.4) is 0 Å². The van der Waals surface area contributed by atoms with Crippen LogP contribution in [-0.4, -0.2) is 11.7 Å². The Hall–Kier alpha value is -1.23. The summed E-state index contributed by atoms with van der Waals surface area (Å²) in [6, 6.07) is 14.1. The van der Waals surface area contributed by atoms with E-state index in [9.17, 15) is 9.50 Å². The molecule has 106 valence electrons. The molecule has 2 atom stereocenters. The molecule has 0 fully saturated rings. The van der Waals surface area contributed by atoms with E-state index in [2.05, 4.69) is 21.2 Å². The number of aliphatic hydroxyl groups excluding tert-OH is 1. The highest BCUT2D eigenvalue weighted by molar-refractivity contribution is 9.10. The Morgan fingerprint density at radius 3 is 2.20 bits per heavy atom. The van der Waals surface area contributed by atoms with Crippen LogP contribution in [0.25, 0.3) is 0 Å². The van der Waals surface area contributed by atoms with Crippen molar-refractivity contribution in [3.8, 4) is 0 Å². The molecule has 2 rings (SSSR count). The average molecular weight is 338 g/mol. The molecule has 2 nitrogen and oxygen atoms in total. The van der Waals surface area contributed by atoms with Crippen LogP contribution in [0.5, 0.6) is 0 Å². The van der Waals surface area contributed by atoms with E-state index in [1.807, 2.05) is 31.2 Å². The molecule has 0 saturated carbocycles. The van der Waals surface area contributed by atoms with Crippen LogP contribution in [0.2, 0.25) is 0 Å². The molecule has 20 heavy (non-hydrogen) atoms. The molecule has 0 aliphatic rings. The van der Waals surface area contributed by atoms with Crippen molar-refractivity contribution in [3.05, 3.63) is 69.9 Å². The first kappa shape index (κ1) is 15.2. The second-order valence-corrected chi connectivity index (χ2v) is 5.66. The molecule has 0 saturated heterocycles. The summed E-state index contributed by atoms with van der Waals surface area (Å²) in [5.74, 6) is -0.294. The van der Waals surface area contributed by atoms with Crippen molar-refractivity contribution in [1.82, 2.24) is 5.32 Å². The van der Waals surface area contributed by atoms with Gasteiger partial charge in [-0.15, -0.1) is 0 Å². The lowest BCUT2D eigenvalue weighted by Gasteiger charge is -2.18. The van der Waals surface area contributed by atoms with E-state index in [0.717, 1.165) is 10.0 Å². The SMILES string of the molecule is C[C@H](NCC(O)c1ccc(F)cc1)c1ccc(Br)cc1. The van der Waals surface area contributed by atoms with Gasteiger partial charge in [-0.05, 0) is 42.3 Å². The zero-order chi connectivity index (χ0) is 14.5. The van der Waals surface area contributed by atoms with Crippen LogP contribution < -0.4 is 5.32 Å². The molecule has 0 heterocycles. The maximum absolute atomic E-state index is 12.8. The molecule has 0 aromatic heterocycles. The van der Waals surface area contributed by atoms with Gasteiger partial charge in [-0.2, -0.15) is 0 Å². The lowest BCUT2D eigenvalue weighted by molar-refractivity contribution is 0.170. The van der Waals surface area contributed by atoms with Gasteiger partial charge in [0.05, 0.1) is 6.10 Å². The van der Waals surface area contributed by atoms with Gasteiger partial charge in [0.25, 0.3) is 0 Å². The lowest BCUT2D eigenvalue weighted by atomic mass is 10.1. The summed E-state index contributed by atoms with van der Waals surface area (Å²) in [5, 5.41) is 13.3. The lowest BCUT2D eigenvalue weighted by Crippen LogP contribution is -2.24. The van der Waals surface area contributed by atoms with Crippen molar-refractivity contribution in [2.24, 2.45) is 0 Å². The van der Waals surface area contributed by atoms with E-state index in [1.54, 1.807) is 12.1 Å². The average Bonchev–Trinajstić information content (AvgIpc) is 2.46. The van der Waals surface area contributed by atoms with Crippen molar-refractivity contribution >= 4 is 15.9 Å². The summed E-state index contributed by atoms with van der Waals surface area (Å²) in [6.07, 6.45) is -0.645. The molecule has 0 aliphatic carbocycles. The number of benzene rings is 2. The summed E-state index contributed by atoms with van der Waals surface area (Å²) in [5.41, 5.74) is 1.86. The first-order valence-electron chi connectivity index (χ1n) is 6.48. The molecule has 0 amide bonds. The van der Waals surface area contributed by atoms with Gasteiger partial charge in [0.2, 0.25) is 0 Å². The molecular weight excluding hydrogens is 321 g/mol. The van der Waals surface area contributed by atoms with E-state index in [4.69, 9.17) is 0 Å². The first-order valence-corrected chi connectivity index (χ1v) is 7.28. The molecule has 0 spiro atoms. The van der Waals surface area contributed by atoms with Crippen LogP contribution in [0.4, 0.5) is 4.39 Å². The van der Waals surface area contributed by atoms with Crippen LogP contribution >= 0.6 is 15.9 Å². The molecule has 0 bridgehead atoms. The van der Waals surface area contributed by atoms with Crippen LogP contribution in [-0.2, 0) is 0 Å². The molecule has 2 aromatic rings. The molecule has 4 heteroatoms. The van der Waals surface area contributed by atoms with E-state index < -0.39 is 6.10 Å². The van der Waals surface area contributed by atoms with Crippen LogP contribution in [0, 0.1) is 5.82 Å². The quantitative estimate of drug-likeness (QED) is 0.865. The van der Waals surface area contributed by atoms with E-state index in [1.165, 1.54) is 12.1 Å². The Labute approximate surface area is 126 Å². The van der Waals surface area contributed by atoms with Gasteiger partial charge in [-0.25, -0.2) is 4.39 Å². The smallest absolute Gasteiger partial charge is 0.123 e. The van der Waals surface area contributed by atoms with Crippen LogP contribution in [0.15, 0.2) is 53.0 Å². The summed E-state index contributed by atoms with van der Waals surface area (Å²) >= 11 is 3.40. The summed E-state index contributed by atoms with van der Waals surface area (Å²) in [6.45, 7) is 2.46. The fourth-order valence-corrected chi connectivity index (χ4v) is 2.22. The molecule has 0 radical (unpaired) electrons. The van der Waals surface area contributed by atoms with Gasteiger partial charge in [0.15, 0.2) is 0 Å². The number of halogens is 2. The zero-order valence-corrected chi connectivity index (χ0v) is 12.8. The number of rotatable bonds is 5. The Morgan fingerprint density at radius 1 is 1.05 bits per heavy atom. The minimum absolute atomic E-state index is 0.137. The number of nitrogens with one attached hydrogen (secondary N) is 1. The van der Waals surface area contributed by atoms with Crippen LogP contribution in [0.1, 0.15) is 30.2 Å². The third kappa shape index (κ3) is 4.13. The van der Waals surface area contributed by atoms with Gasteiger partial charge in [0, 0.05) is 17.1 Å². The molecule has 2 N–H and O–H groups in total. The fraction of sp³-hybridized carbons (Fsp3) is 0.250. The summed E-state index contributed by atoms with van der Waals surface area (Å²) in [4.78, 5) is 0. The molecule has 2 aromatic carbocycles.